The molecule has 3 fully saturated rings. The molecule has 236 valence electrons. The summed E-state index contributed by atoms with van der Waals surface area (Å²) in [7, 11) is 0. The fraction of sp³-hybridized carbons (Fsp3) is 0.412. The van der Waals surface area contributed by atoms with Gasteiger partial charge in [0.05, 0.1) is 18.8 Å². The van der Waals surface area contributed by atoms with E-state index >= 15 is 0 Å². The number of benzene rings is 3. The van der Waals surface area contributed by atoms with Gasteiger partial charge in [0, 0.05) is 34.6 Å². The SMILES string of the molecule is CC.CC1(COc2cc(F)c(C(=O)N3COC[C@H]3C(=O)O)cc2C2CC2)CNC1.Clc1cc(Cl)cc(Cc2ccccc2)c1. The molecule has 3 aromatic rings. The van der Waals surface area contributed by atoms with Crippen LogP contribution in [0.15, 0.2) is 60.7 Å². The van der Waals surface area contributed by atoms with Crippen molar-refractivity contribution in [3.8, 4) is 5.75 Å². The molecule has 0 bridgehead atoms. The van der Waals surface area contributed by atoms with Crippen LogP contribution in [0.5, 0.6) is 5.75 Å². The first-order valence-electron chi connectivity index (χ1n) is 14.9. The van der Waals surface area contributed by atoms with Gasteiger partial charge in [-0.2, -0.15) is 0 Å². The maximum atomic E-state index is 14.7. The highest BCUT2D eigenvalue weighted by molar-refractivity contribution is 6.34. The van der Waals surface area contributed by atoms with E-state index in [1.807, 2.05) is 44.2 Å². The number of halogens is 3. The Bertz CT molecular complexity index is 1430. The van der Waals surface area contributed by atoms with E-state index in [0.717, 1.165) is 48.4 Å². The summed E-state index contributed by atoms with van der Waals surface area (Å²) < 4.78 is 25.7. The number of carboxylic acids is 1. The Morgan fingerprint density at radius 2 is 1.70 bits per heavy atom. The van der Waals surface area contributed by atoms with Crippen LogP contribution in [0, 0.1) is 11.2 Å². The van der Waals surface area contributed by atoms with Gasteiger partial charge < -0.3 is 19.9 Å². The fourth-order valence-electron chi connectivity index (χ4n) is 5.03. The third-order valence-corrected chi connectivity index (χ3v) is 8.06. The average Bonchev–Trinajstić information content (AvgIpc) is 3.70. The number of hydrogen-bond donors (Lipinski definition) is 2. The standard InChI is InChI=1S/C19H23FN2O5.C13H10Cl2.C2H6/c1-19(7-21-8-19)9-27-16-5-14(20)13(4-12(16)11-2-3-11)17(23)22-10-26-6-15(22)18(24)25;14-12-7-11(8-13(15)9-12)6-10-4-2-1-3-5-10;1-2/h4-5,11,15,21H,2-3,6-10H2,1H3,(H,24,25);1-5,7-9H,6H2;1-2H3/t15-;;/m0../s1. The lowest BCUT2D eigenvalue weighted by atomic mass is 9.85. The summed E-state index contributed by atoms with van der Waals surface area (Å²) in [5.41, 5.74) is 3.13. The van der Waals surface area contributed by atoms with Gasteiger partial charge in [0.2, 0.25) is 0 Å². The van der Waals surface area contributed by atoms with Crippen molar-refractivity contribution >= 4 is 35.1 Å². The topological polar surface area (TPSA) is 88.1 Å². The highest BCUT2D eigenvalue weighted by Crippen LogP contribution is 2.45. The Balaban J connectivity index is 0.000000220. The summed E-state index contributed by atoms with van der Waals surface area (Å²) in [4.78, 5) is 25.1. The molecule has 0 aromatic heterocycles. The maximum Gasteiger partial charge on any atom is 0.328 e. The van der Waals surface area contributed by atoms with Crippen molar-refractivity contribution in [1.29, 1.82) is 0 Å². The van der Waals surface area contributed by atoms with Gasteiger partial charge in [-0.15, -0.1) is 0 Å². The molecule has 1 aliphatic carbocycles. The smallest absolute Gasteiger partial charge is 0.328 e. The van der Waals surface area contributed by atoms with Crippen molar-refractivity contribution in [2.45, 2.75) is 52.0 Å². The molecule has 1 saturated carbocycles. The Kier molecular flexibility index (Phi) is 11.7. The number of nitrogens with zero attached hydrogens (tertiary/aromatic N) is 1. The number of ether oxygens (including phenoxy) is 2. The molecule has 2 N–H and O–H groups in total. The van der Waals surface area contributed by atoms with Crippen LogP contribution in [-0.2, 0) is 16.0 Å². The van der Waals surface area contributed by atoms with Crippen LogP contribution < -0.4 is 10.1 Å². The van der Waals surface area contributed by atoms with Gasteiger partial charge in [0.15, 0.2) is 6.04 Å². The van der Waals surface area contributed by atoms with Crippen molar-refractivity contribution in [3.05, 3.63) is 98.8 Å². The molecule has 7 nitrogen and oxygen atoms in total. The molecule has 10 heteroatoms. The summed E-state index contributed by atoms with van der Waals surface area (Å²) >= 11 is 11.9. The first kappa shape index (κ1) is 33.7. The Morgan fingerprint density at radius 1 is 1.05 bits per heavy atom. The zero-order chi connectivity index (χ0) is 31.9. The largest absolute Gasteiger partial charge is 0.493 e. The van der Waals surface area contributed by atoms with E-state index in [4.69, 9.17) is 32.7 Å². The first-order chi connectivity index (χ1) is 21.1. The third kappa shape index (κ3) is 8.72. The van der Waals surface area contributed by atoms with Gasteiger partial charge in [-0.1, -0.05) is 74.3 Å². The zero-order valence-corrected chi connectivity index (χ0v) is 26.8. The molecule has 2 saturated heterocycles. The minimum Gasteiger partial charge on any atom is -0.493 e. The molecule has 0 radical (unpaired) electrons. The summed E-state index contributed by atoms with van der Waals surface area (Å²) in [6.07, 6.45) is 2.80. The number of carbonyl (C=O) groups excluding carboxylic acids is 1. The highest BCUT2D eigenvalue weighted by atomic mass is 35.5. The minimum absolute atomic E-state index is 0.0351. The van der Waals surface area contributed by atoms with Crippen molar-refractivity contribution < 1.29 is 28.6 Å². The van der Waals surface area contributed by atoms with E-state index < -0.39 is 23.7 Å². The number of rotatable bonds is 8. The van der Waals surface area contributed by atoms with E-state index in [0.29, 0.717) is 22.4 Å². The molecule has 1 amide bonds. The second kappa shape index (κ2) is 15.2. The molecule has 3 aromatic carbocycles. The van der Waals surface area contributed by atoms with Crippen molar-refractivity contribution in [3.63, 3.8) is 0 Å². The minimum atomic E-state index is -1.16. The normalized spacial score (nSPS) is 18.2. The van der Waals surface area contributed by atoms with Crippen LogP contribution in [0.1, 0.15) is 66.6 Å². The molecular formula is C34H39Cl2FN2O5. The Morgan fingerprint density at radius 3 is 2.27 bits per heavy atom. The molecule has 2 aliphatic heterocycles. The number of carboxylic acid groups (broad SMARTS) is 1. The third-order valence-electron chi connectivity index (χ3n) is 7.63. The monoisotopic (exact) mass is 644 g/mol. The van der Waals surface area contributed by atoms with Crippen LogP contribution >= 0.6 is 23.2 Å². The molecule has 1 atom stereocenters. The predicted octanol–water partition coefficient (Wildman–Crippen LogP) is 7.18. The van der Waals surface area contributed by atoms with Crippen LogP contribution in [-0.4, -0.2) is 61.0 Å². The van der Waals surface area contributed by atoms with E-state index in [1.54, 1.807) is 6.07 Å². The molecule has 6 rings (SSSR count). The van der Waals surface area contributed by atoms with E-state index in [9.17, 15) is 19.1 Å². The van der Waals surface area contributed by atoms with Crippen molar-refractivity contribution in [1.82, 2.24) is 10.2 Å². The second-order valence-corrected chi connectivity index (χ2v) is 12.3. The first-order valence-corrected chi connectivity index (χ1v) is 15.6. The van der Waals surface area contributed by atoms with E-state index in [2.05, 4.69) is 24.4 Å². The predicted molar refractivity (Wildman–Crippen MR) is 170 cm³/mol. The van der Waals surface area contributed by atoms with E-state index in [1.165, 1.54) is 17.7 Å². The van der Waals surface area contributed by atoms with E-state index in [-0.39, 0.29) is 30.2 Å². The molecule has 2 heterocycles. The van der Waals surface area contributed by atoms with Crippen LogP contribution in [0.25, 0.3) is 0 Å². The number of amides is 1. The lowest BCUT2D eigenvalue weighted by molar-refractivity contribution is -0.141. The highest BCUT2D eigenvalue weighted by Gasteiger charge is 2.38. The number of aliphatic carboxylic acids is 1. The number of nitrogens with one attached hydrogen (secondary N) is 1. The lowest BCUT2D eigenvalue weighted by Gasteiger charge is -2.39. The second-order valence-electron chi connectivity index (χ2n) is 11.4. The molecule has 44 heavy (non-hydrogen) atoms. The summed E-state index contributed by atoms with van der Waals surface area (Å²) in [5, 5.41) is 13.8. The molecular weight excluding hydrogens is 606 g/mol. The molecule has 0 spiro atoms. The van der Waals surface area contributed by atoms with Gasteiger partial charge in [0.1, 0.15) is 18.3 Å². The van der Waals surface area contributed by atoms with Gasteiger partial charge >= 0.3 is 5.97 Å². The van der Waals surface area contributed by atoms with Crippen LogP contribution in [0.2, 0.25) is 10.0 Å². The van der Waals surface area contributed by atoms with Crippen LogP contribution in [0.4, 0.5) is 4.39 Å². The lowest BCUT2D eigenvalue weighted by Crippen LogP contribution is -2.54. The summed E-state index contributed by atoms with van der Waals surface area (Å²) in [5.74, 6) is -1.80. The Labute approximate surface area is 268 Å². The molecule has 0 unspecified atom stereocenters. The van der Waals surface area contributed by atoms with Crippen molar-refractivity contribution in [2.75, 3.05) is 33.0 Å². The van der Waals surface area contributed by atoms with Crippen LogP contribution in [0.3, 0.4) is 0 Å². The van der Waals surface area contributed by atoms with Gasteiger partial charge in [0.25, 0.3) is 5.91 Å². The quantitative estimate of drug-likeness (QED) is 0.270. The number of hydrogen-bond acceptors (Lipinski definition) is 5. The maximum absolute atomic E-state index is 14.7. The van der Waals surface area contributed by atoms with Crippen molar-refractivity contribution in [2.24, 2.45) is 5.41 Å². The zero-order valence-electron chi connectivity index (χ0n) is 25.2. The van der Waals surface area contributed by atoms with Gasteiger partial charge in [-0.05, 0) is 66.1 Å². The summed E-state index contributed by atoms with van der Waals surface area (Å²) in [6, 6.07) is 17.6. The fourth-order valence-corrected chi connectivity index (χ4v) is 5.60. The average molecular weight is 646 g/mol. The molecule has 3 aliphatic rings. The summed E-state index contributed by atoms with van der Waals surface area (Å²) in [6.45, 7) is 8.05. The Hall–Kier alpha value is -3.17. The van der Waals surface area contributed by atoms with Gasteiger partial charge in [-0.3, -0.25) is 9.69 Å². The van der Waals surface area contributed by atoms with Gasteiger partial charge in [-0.25, -0.2) is 9.18 Å². The number of carbonyl (C=O) groups is 2.